The molecule has 2 rings (SSSR count). The number of aromatic nitrogens is 1. The van der Waals surface area contributed by atoms with E-state index in [0.29, 0.717) is 10.7 Å². The number of nitrogens with zero attached hydrogens (tertiary/aromatic N) is 2. The highest BCUT2D eigenvalue weighted by atomic mass is 19.4. The van der Waals surface area contributed by atoms with Crippen molar-refractivity contribution in [1.82, 2.24) is 4.68 Å². The van der Waals surface area contributed by atoms with E-state index in [1.807, 2.05) is 0 Å². The Bertz CT molecular complexity index is 838. The zero-order valence-electron chi connectivity index (χ0n) is 13.2. The van der Waals surface area contributed by atoms with Crippen LogP contribution in [0.25, 0.3) is 10.9 Å². The number of fused-ring (bicyclic) bond motifs is 1. The van der Waals surface area contributed by atoms with Crippen LogP contribution in [0.5, 0.6) is 0 Å². The minimum Gasteiger partial charge on any atom is -0.360 e. The maximum Gasteiger partial charge on any atom is 0.417 e. The van der Waals surface area contributed by atoms with Crippen molar-refractivity contribution < 1.29 is 26.3 Å². The number of anilines is 1. The van der Waals surface area contributed by atoms with Gasteiger partial charge >= 0.3 is 12.4 Å². The first-order chi connectivity index (χ1) is 11.3. The molecule has 0 fully saturated rings. The Morgan fingerprint density at radius 1 is 1.12 bits per heavy atom. The van der Waals surface area contributed by atoms with Gasteiger partial charge in [-0.05, 0) is 32.0 Å². The molecule has 0 aliphatic heterocycles. The second-order valence-electron chi connectivity index (χ2n) is 5.80. The first-order valence-corrected chi connectivity index (χ1v) is 7.17. The van der Waals surface area contributed by atoms with Crippen molar-refractivity contribution in [3.63, 3.8) is 0 Å². The molecule has 0 bridgehead atoms. The molecule has 0 aliphatic carbocycles. The van der Waals surface area contributed by atoms with Gasteiger partial charge in [-0.15, -0.1) is 0 Å². The molecule has 0 spiro atoms. The van der Waals surface area contributed by atoms with Gasteiger partial charge in [-0.1, -0.05) is 0 Å². The molecule has 0 aliphatic rings. The molecule has 0 saturated heterocycles. The van der Waals surface area contributed by atoms with Gasteiger partial charge in [0.25, 0.3) is 5.56 Å². The van der Waals surface area contributed by atoms with Crippen LogP contribution in [-0.2, 0) is 6.18 Å². The third kappa shape index (κ3) is 3.99. The van der Waals surface area contributed by atoms with Crippen molar-refractivity contribution in [2.75, 3.05) is 17.3 Å². The number of rotatable bonds is 3. The Kier molecular flexibility index (Phi) is 4.67. The first-order valence-electron chi connectivity index (χ1n) is 7.17. The van der Waals surface area contributed by atoms with Crippen LogP contribution in [-0.4, -0.2) is 23.4 Å². The molecule has 4 nitrogen and oxygen atoms in total. The molecule has 1 heterocycles. The van der Waals surface area contributed by atoms with Crippen LogP contribution in [0.4, 0.5) is 32.0 Å². The minimum atomic E-state index is -4.85. The van der Waals surface area contributed by atoms with E-state index >= 15 is 0 Å². The maximum absolute atomic E-state index is 13.2. The molecule has 0 saturated carbocycles. The molecule has 1 aromatic heterocycles. The smallest absolute Gasteiger partial charge is 0.360 e. The van der Waals surface area contributed by atoms with Gasteiger partial charge in [0.15, 0.2) is 0 Å². The number of hydrogen-bond donors (Lipinski definition) is 1. The van der Waals surface area contributed by atoms with Crippen molar-refractivity contribution >= 4 is 16.6 Å². The van der Waals surface area contributed by atoms with Gasteiger partial charge in [-0.2, -0.15) is 26.3 Å². The lowest BCUT2D eigenvalue weighted by atomic mass is 10.1. The van der Waals surface area contributed by atoms with Crippen LogP contribution in [0.3, 0.4) is 0 Å². The lowest BCUT2D eigenvalue weighted by molar-refractivity contribution is -0.136. The molecule has 0 unspecified atom stereocenters. The highest BCUT2D eigenvalue weighted by molar-refractivity contribution is 5.86. The Hall–Kier alpha value is -2.39. The van der Waals surface area contributed by atoms with Gasteiger partial charge in [0, 0.05) is 23.2 Å². The standard InChI is InChI=1S/C15H15F6N3O/c1-8(2)23(7-14(16,17)18)9-3-4-12-10(5-9)11(15(19,20)21)6-13(25)24(12)22/h3-6,8H,7,22H2,1-2H3. The predicted octanol–water partition coefficient (Wildman–Crippen LogP) is 3.51. The number of hydrogen-bond acceptors (Lipinski definition) is 3. The van der Waals surface area contributed by atoms with Gasteiger partial charge in [0.1, 0.15) is 6.54 Å². The van der Waals surface area contributed by atoms with Gasteiger partial charge in [0.2, 0.25) is 0 Å². The number of nitrogens with two attached hydrogens (primary N) is 1. The maximum atomic E-state index is 13.2. The zero-order valence-corrected chi connectivity index (χ0v) is 13.2. The van der Waals surface area contributed by atoms with E-state index in [9.17, 15) is 31.1 Å². The molecule has 138 valence electrons. The molecule has 2 aromatic rings. The highest BCUT2D eigenvalue weighted by Gasteiger charge is 2.35. The van der Waals surface area contributed by atoms with Crippen molar-refractivity contribution in [1.29, 1.82) is 0 Å². The van der Waals surface area contributed by atoms with Gasteiger partial charge in [-0.25, -0.2) is 4.68 Å². The average molecular weight is 367 g/mol. The number of alkyl halides is 6. The minimum absolute atomic E-state index is 0.0519. The van der Waals surface area contributed by atoms with Gasteiger partial charge in [0.05, 0.1) is 11.1 Å². The fraction of sp³-hybridized carbons (Fsp3) is 0.400. The first kappa shape index (κ1) is 18.9. The number of halogens is 6. The Balaban J connectivity index is 2.73. The van der Waals surface area contributed by atoms with E-state index in [1.54, 1.807) is 0 Å². The fourth-order valence-electron chi connectivity index (χ4n) is 2.52. The highest BCUT2D eigenvalue weighted by Crippen LogP contribution is 2.35. The van der Waals surface area contributed by atoms with E-state index in [2.05, 4.69) is 0 Å². The lowest BCUT2D eigenvalue weighted by Crippen LogP contribution is -2.39. The van der Waals surface area contributed by atoms with E-state index in [1.165, 1.54) is 19.9 Å². The van der Waals surface area contributed by atoms with Crippen LogP contribution in [0.2, 0.25) is 0 Å². The van der Waals surface area contributed by atoms with Crippen molar-refractivity contribution in [2.45, 2.75) is 32.2 Å². The summed E-state index contributed by atoms with van der Waals surface area (Å²) < 4.78 is 78.4. The monoisotopic (exact) mass is 367 g/mol. The number of benzene rings is 1. The normalized spacial score (nSPS) is 12.8. The summed E-state index contributed by atoms with van der Waals surface area (Å²) in [6, 6.07) is 2.99. The van der Waals surface area contributed by atoms with Gasteiger partial charge in [-0.3, -0.25) is 4.79 Å². The summed E-state index contributed by atoms with van der Waals surface area (Å²) in [5.74, 6) is 5.46. The Morgan fingerprint density at radius 2 is 1.72 bits per heavy atom. The quantitative estimate of drug-likeness (QED) is 0.667. The molecule has 0 amide bonds. The third-order valence-electron chi connectivity index (χ3n) is 3.65. The molecule has 25 heavy (non-hydrogen) atoms. The van der Waals surface area contributed by atoms with Crippen LogP contribution in [0.1, 0.15) is 19.4 Å². The fourth-order valence-corrected chi connectivity index (χ4v) is 2.52. The van der Waals surface area contributed by atoms with E-state index < -0.39 is 41.4 Å². The zero-order chi connectivity index (χ0) is 19.2. The summed E-state index contributed by atoms with van der Waals surface area (Å²) in [4.78, 5) is 12.5. The molecule has 1 aromatic carbocycles. The van der Waals surface area contributed by atoms with E-state index in [4.69, 9.17) is 5.84 Å². The number of pyridine rings is 1. The van der Waals surface area contributed by atoms with Crippen molar-refractivity contribution in [2.24, 2.45) is 0 Å². The SMILES string of the molecule is CC(C)N(CC(F)(F)F)c1ccc2c(c1)c(C(F)(F)F)cc(=O)n2N. The summed E-state index contributed by atoms with van der Waals surface area (Å²) in [5, 5.41) is -0.445. The lowest BCUT2D eigenvalue weighted by Gasteiger charge is -2.30. The topological polar surface area (TPSA) is 51.3 Å². The van der Waals surface area contributed by atoms with Crippen LogP contribution in [0, 0.1) is 0 Å². The predicted molar refractivity (Wildman–Crippen MR) is 81.9 cm³/mol. The second kappa shape index (κ2) is 6.16. The summed E-state index contributed by atoms with van der Waals surface area (Å²) in [6.45, 7) is 1.66. The Morgan fingerprint density at radius 3 is 2.20 bits per heavy atom. The summed E-state index contributed by atoms with van der Waals surface area (Å²) in [7, 11) is 0. The molecule has 2 N–H and O–H groups in total. The van der Waals surface area contributed by atoms with Crippen molar-refractivity contribution in [3.8, 4) is 0 Å². The van der Waals surface area contributed by atoms with Crippen molar-refractivity contribution in [3.05, 3.63) is 40.2 Å². The summed E-state index contributed by atoms with van der Waals surface area (Å²) in [5.41, 5.74) is -2.58. The summed E-state index contributed by atoms with van der Waals surface area (Å²) >= 11 is 0. The van der Waals surface area contributed by atoms with Gasteiger partial charge < -0.3 is 10.7 Å². The molecule has 10 heteroatoms. The number of nitrogen functional groups attached to an aromatic ring is 1. The van der Waals surface area contributed by atoms with E-state index in [-0.39, 0.29) is 11.2 Å². The second-order valence-corrected chi connectivity index (χ2v) is 5.80. The Labute approximate surface area is 138 Å². The third-order valence-corrected chi connectivity index (χ3v) is 3.65. The van der Waals surface area contributed by atoms with E-state index in [0.717, 1.165) is 17.0 Å². The average Bonchev–Trinajstić information content (AvgIpc) is 2.45. The van der Waals surface area contributed by atoms with Crippen LogP contribution >= 0.6 is 0 Å². The molecular weight excluding hydrogens is 352 g/mol. The summed E-state index contributed by atoms with van der Waals surface area (Å²) in [6.07, 6.45) is -9.38. The van der Waals surface area contributed by atoms with Crippen LogP contribution in [0.15, 0.2) is 29.1 Å². The largest absolute Gasteiger partial charge is 0.417 e. The molecule has 0 atom stereocenters. The molecular formula is C15H15F6N3O. The van der Waals surface area contributed by atoms with Crippen LogP contribution < -0.4 is 16.3 Å². The molecule has 0 radical (unpaired) electrons.